The summed E-state index contributed by atoms with van der Waals surface area (Å²) in [6, 6.07) is 9.64. The largest absolute Gasteiger partial charge is 0.356 e. The second-order valence-corrected chi connectivity index (χ2v) is 6.14. The molecule has 1 N–H and O–H groups in total. The summed E-state index contributed by atoms with van der Waals surface area (Å²) < 4.78 is 0. The average molecular weight is 288 g/mol. The van der Waals surface area contributed by atoms with Crippen LogP contribution < -0.4 is 5.32 Å². The van der Waals surface area contributed by atoms with Crippen molar-refractivity contribution in [3.8, 4) is 0 Å². The molecule has 1 aromatic rings. The molecule has 4 heteroatoms. The minimum Gasteiger partial charge on any atom is -0.356 e. The van der Waals surface area contributed by atoms with Gasteiger partial charge >= 0.3 is 0 Å². The normalized spacial score (nSPS) is 21.9. The third kappa shape index (κ3) is 3.63. The van der Waals surface area contributed by atoms with Crippen molar-refractivity contribution >= 4 is 11.8 Å². The topological polar surface area (TPSA) is 49.4 Å². The van der Waals surface area contributed by atoms with Gasteiger partial charge < -0.3 is 10.2 Å². The first-order valence-corrected chi connectivity index (χ1v) is 7.59. The summed E-state index contributed by atoms with van der Waals surface area (Å²) in [6.45, 7) is 4.93. The van der Waals surface area contributed by atoms with Crippen molar-refractivity contribution in [2.24, 2.45) is 11.8 Å². The summed E-state index contributed by atoms with van der Waals surface area (Å²) in [4.78, 5) is 26.1. The van der Waals surface area contributed by atoms with Crippen LogP contribution in [-0.2, 0) is 9.59 Å². The van der Waals surface area contributed by atoms with Crippen LogP contribution in [0.5, 0.6) is 0 Å². The third-order valence-corrected chi connectivity index (χ3v) is 4.09. The summed E-state index contributed by atoms with van der Waals surface area (Å²) in [5, 5.41) is 2.98. The molecule has 0 saturated carbocycles. The molecule has 1 aromatic carbocycles. The van der Waals surface area contributed by atoms with Crippen LogP contribution in [0.15, 0.2) is 30.3 Å². The number of benzene rings is 1. The second-order valence-electron chi connectivity index (χ2n) is 6.14. The Kier molecular flexibility index (Phi) is 4.99. The smallest absolute Gasteiger partial charge is 0.226 e. The van der Waals surface area contributed by atoms with Crippen LogP contribution in [0.2, 0.25) is 0 Å². The maximum absolute atomic E-state index is 12.4. The highest BCUT2D eigenvalue weighted by atomic mass is 16.2. The van der Waals surface area contributed by atoms with Gasteiger partial charge in [-0.25, -0.2) is 0 Å². The minimum atomic E-state index is -0.294. The van der Waals surface area contributed by atoms with Crippen molar-refractivity contribution in [2.75, 3.05) is 13.6 Å². The van der Waals surface area contributed by atoms with Crippen molar-refractivity contribution in [2.45, 2.75) is 32.7 Å². The molecule has 0 bridgehead atoms. The fourth-order valence-electron chi connectivity index (χ4n) is 2.83. The lowest BCUT2D eigenvalue weighted by Gasteiger charge is -2.25. The zero-order valence-electron chi connectivity index (χ0n) is 13.0. The lowest BCUT2D eigenvalue weighted by molar-refractivity contribution is -0.128. The van der Waals surface area contributed by atoms with E-state index in [4.69, 9.17) is 0 Å². The van der Waals surface area contributed by atoms with E-state index in [0.29, 0.717) is 18.9 Å². The molecule has 0 aliphatic carbocycles. The molecule has 114 valence electrons. The average Bonchev–Trinajstić information content (AvgIpc) is 2.75. The Bertz CT molecular complexity index is 499. The van der Waals surface area contributed by atoms with Gasteiger partial charge in [0.25, 0.3) is 0 Å². The summed E-state index contributed by atoms with van der Waals surface area (Å²) in [7, 11) is 1.78. The Morgan fingerprint density at radius 2 is 2.00 bits per heavy atom. The standard InChI is InChI=1S/C17H24N2O2/c1-12(2)9-10-18-17(21)14-11-15(20)19(3)16(14)13-7-5-4-6-8-13/h4-8,12,14,16H,9-11H2,1-3H3,(H,18,21)/t14-,16+/m1/s1. The van der Waals surface area contributed by atoms with Gasteiger partial charge in [-0.3, -0.25) is 9.59 Å². The van der Waals surface area contributed by atoms with Crippen LogP contribution in [0.25, 0.3) is 0 Å². The number of hydrogen-bond donors (Lipinski definition) is 1. The fraction of sp³-hybridized carbons (Fsp3) is 0.529. The predicted octanol–water partition coefficient (Wildman–Crippen LogP) is 2.37. The number of hydrogen-bond acceptors (Lipinski definition) is 2. The van der Waals surface area contributed by atoms with E-state index in [0.717, 1.165) is 12.0 Å². The van der Waals surface area contributed by atoms with E-state index in [1.165, 1.54) is 0 Å². The molecule has 1 saturated heterocycles. The SMILES string of the molecule is CC(C)CCNC(=O)[C@@H]1CC(=O)N(C)[C@H]1c1ccccc1. The Morgan fingerprint density at radius 1 is 1.33 bits per heavy atom. The third-order valence-electron chi connectivity index (χ3n) is 4.09. The second kappa shape index (κ2) is 6.74. The highest BCUT2D eigenvalue weighted by Crippen LogP contribution is 2.36. The molecule has 4 nitrogen and oxygen atoms in total. The Hall–Kier alpha value is -1.84. The highest BCUT2D eigenvalue weighted by molar-refractivity contribution is 5.90. The van der Waals surface area contributed by atoms with E-state index in [-0.39, 0.29) is 23.8 Å². The van der Waals surface area contributed by atoms with Crippen LogP contribution >= 0.6 is 0 Å². The minimum absolute atomic E-state index is 0.0118. The van der Waals surface area contributed by atoms with E-state index in [1.807, 2.05) is 30.3 Å². The Labute approximate surface area is 126 Å². The molecule has 2 amide bonds. The van der Waals surface area contributed by atoms with E-state index < -0.39 is 0 Å². The molecule has 1 fully saturated rings. The van der Waals surface area contributed by atoms with Gasteiger partial charge in [0, 0.05) is 20.0 Å². The van der Waals surface area contributed by atoms with Crippen molar-refractivity contribution in [1.29, 1.82) is 0 Å². The summed E-state index contributed by atoms with van der Waals surface area (Å²) >= 11 is 0. The lowest BCUT2D eigenvalue weighted by atomic mass is 9.93. The van der Waals surface area contributed by atoms with E-state index in [9.17, 15) is 9.59 Å². The predicted molar refractivity (Wildman–Crippen MR) is 82.5 cm³/mol. The number of nitrogens with zero attached hydrogens (tertiary/aromatic N) is 1. The van der Waals surface area contributed by atoms with E-state index in [1.54, 1.807) is 11.9 Å². The van der Waals surface area contributed by atoms with Crippen LogP contribution in [0, 0.1) is 11.8 Å². The molecule has 0 spiro atoms. The monoisotopic (exact) mass is 288 g/mol. The summed E-state index contributed by atoms with van der Waals surface area (Å²) in [5.74, 6) is 0.287. The van der Waals surface area contributed by atoms with E-state index in [2.05, 4.69) is 19.2 Å². The van der Waals surface area contributed by atoms with Gasteiger partial charge in [0.15, 0.2) is 0 Å². The Morgan fingerprint density at radius 3 is 2.62 bits per heavy atom. The Balaban J connectivity index is 2.09. The molecule has 0 radical (unpaired) electrons. The van der Waals surface area contributed by atoms with Crippen molar-refractivity contribution in [1.82, 2.24) is 10.2 Å². The van der Waals surface area contributed by atoms with Gasteiger partial charge in [-0.2, -0.15) is 0 Å². The zero-order valence-corrected chi connectivity index (χ0v) is 13.0. The molecule has 0 aromatic heterocycles. The molecular weight excluding hydrogens is 264 g/mol. The lowest BCUT2D eigenvalue weighted by Crippen LogP contribution is -2.35. The number of amides is 2. The van der Waals surface area contributed by atoms with Gasteiger partial charge in [-0.05, 0) is 17.9 Å². The number of likely N-dealkylation sites (tertiary alicyclic amines) is 1. The van der Waals surface area contributed by atoms with Gasteiger partial charge in [0.1, 0.15) is 0 Å². The molecule has 0 unspecified atom stereocenters. The molecule has 2 atom stereocenters. The molecule has 1 aliphatic heterocycles. The summed E-state index contributed by atoms with van der Waals surface area (Å²) in [5.41, 5.74) is 1.02. The first kappa shape index (κ1) is 15.5. The van der Waals surface area contributed by atoms with Gasteiger partial charge in [0.05, 0.1) is 12.0 Å². The zero-order chi connectivity index (χ0) is 15.4. The highest BCUT2D eigenvalue weighted by Gasteiger charge is 2.42. The van der Waals surface area contributed by atoms with Crippen molar-refractivity contribution in [3.05, 3.63) is 35.9 Å². The molecular formula is C17H24N2O2. The van der Waals surface area contributed by atoms with Crippen LogP contribution in [-0.4, -0.2) is 30.3 Å². The number of carbonyl (C=O) groups is 2. The molecule has 1 heterocycles. The van der Waals surface area contributed by atoms with Crippen LogP contribution in [0.1, 0.15) is 38.3 Å². The fourth-order valence-corrected chi connectivity index (χ4v) is 2.83. The van der Waals surface area contributed by atoms with Gasteiger partial charge in [-0.1, -0.05) is 44.2 Å². The first-order chi connectivity index (χ1) is 10.0. The first-order valence-electron chi connectivity index (χ1n) is 7.59. The maximum Gasteiger partial charge on any atom is 0.226 e. The summed E-state index contributed by atoms with van der Waals surface area (Å²) in [6.07, 6.45) is 1.25. The maximum atomic E-state index is 12.4. The van der Waals surface area contributed by atoms with Crippen molar-refractivity contribution in [3.63, 3.8) is 0 Å². The van der Waals surface area contributed by atoms with E-state index >= 15 is 0 Å². The molecule has 2 rings (SSSR count). The van der Waals surface area contributed by atoms with Crippen LogP contribution in [0.4, 0.5) is 0 Å². The molecule has 21 heavy (non-hydrogen) atoms. The molecule has 1 aliphatic rings. The quantitative estimate of drug-likeness (QED) is 0.904. The van der Waals surface area contributed by atoms with Gasteiger partial charge in [0.2, 0.25) is 11.8 Å². The van der Waals surface area contributed by atoms with Gasteiger partial charge in [-0.15, -0.1) is 0 Å². The van der Waals surface area contributed by atoms with Crippen LogP contribution in [0.3, 0.4) is 0 Å². The number of nitrogens with one attached hydrogen (secondary N) is 1. The van der Waals surface area contributed by atoms with Crippen molar-refractivity contribution < 1.29 is 9.59 Å². The number of carbonyl (C=O) groups excluding carboxylic acids is 2. The number of rotatable bonds is 5.